The molecule has 9 heteroatoms. The normalized spacial score (nSPS) is 13.8. The van der Waals surface area contributed by atoms with Crippen LogP contribution in [0.25, 0.3) is 0 Å². The average molecular weight is 343 g/mol. The van der Waals surface area contributed by atoms with Crippen LogP contribution in [0.1, 0.15) is 47.0 Å². The van der Waals surface area contributed by atoms with Crippen molar-refractivity contribution >= 4 is 23.9 Å². The van der Waals surface area contributed by atoms with Crippen LogP contribution in [0.4, 0.5) is 4.79 Å². The fourth-order valence-electron chi connectivity index (χ4n) is 1.70. The maximum Gasteiger partial charge on any atom is 0.409 e. The molecule has 0 bridgehead atoms. The number of carbonyl (C=O) groups is 4. The number of hydrogen-bond donors (Lipinski definition) is 4. The Bertz CT molecular complexity index is 524. The van der Waals surface area contributed by atoms with Gasteiger partial charge in [-0.1, -0.05) is 13.3 Å². The molecule has 0 aliphatic heterocycles. The van der Waals surface area contributed by atoms with E-state index >= 15 is 0 Å². The summed E-state index contributed by atoms with van der Waals surface area (Å²) in [6, 6.07) is 0. The molecule has 0 aromatic heterocycles. The lowest BCUT2D eigenvalue weighted by molar-refractivity contribution is -0.149. The second-order valence-corrected chi connectivity index (χ2v) is 6.17. The van der Waals surface area contributed by atoms with E-state index in [0.717, 1.165) is 12.2 Å². The van der Waals surface area contributed by atoms with Gasteiger partial charge in [-0.2, -0.15) is 0 Å². The van der Waals surface area contributed by atoms with Crippen molar-refractivity contribution in [3.63, 3.8) is 0 Å². The van der Waals surface area contributed by atoms with Gasteiger partial charge in [-0.05, 0) is 27.2 Å². The summed E-state index contributed by atoms with van der Waals surface area (Å²) in [7, 11) is 0. The van der Waals surface area contributed by atoms with E-state index in [1.54, 1.807) is 20.8 Å². The van der Waals surface area contributed by atoms with Crippen LogP contribution < -0.4 is 16.4 Å². The quantitative estimate of drug-likeness (QED) is 0.375. The van der Waals surface area contributed by atoms with Crippen LogP contribution in [0.15, 0.2) is 12.2 Å². The largest absolute Gasteiger partial charge is 0.478 e. The Labute approximate surface area is 140 Å². The Balaban J connectivity index is 5.40. The molecule has 0 aliphatic rings. The fraction of sp³-hybridized carbons (Fsp3) is 0.600. The Morgan fingerprint density at radius 2 is 1.71 bits per heavy atom. The molecule has 0 saturated carbocycles. The zero-order valence-corrected chi connectivity index (χ0v) is 14.3. The average Bonchev–Trinajstić information content (AvgIpc) is 2.40. The van der Waals surface area contributed by atoms with Crippen LogP contribution in [0.2, 0.25) is 0 Å². The van der Waals surface area contributed by atoms with Crippen molar-refractivity contribution in [3.05, 3.63) is 12.2 Å². The third-order valence-electron chi connectivity index (χ3n) is 2.72. The molecule has 0 aliphatic carbocycles. The summed E-state index contributed by atoms with van der Waals surface area (Å²) in [6.07, 6.45) is 1.59. The number of carbonyl (C=O) groups excluding carboxylic acids is 3. The molecule has 0 aromatic rings. The van der Waals surface area contributed by atoms with Gasteiger partial charge in [-0.3, -0.25) is 14.9 Å². The molecule has 1 atom stereocenters. The number of carboxylic acids is 1. The number of carboxylic acid groups (broad SMARTS) is 1. The van der Waals surface area contributed by atoms with Crippen molar-refractivity contribution < 1.29 is 29.0 Å². The number of rotatable bonds is 8. The first-order valence-corrected chi connectivity index (χ1v) is 7.46. The van der Waals surface area contributed by atoms with Crippen molar-refractivity contribution in [1.29, 1.82) is 0 Å². The van der Waals surface area contributed by atoms with Crippen LogP contribution in [0.3, 0.4) is 0 Å². The topological polar surface area (TPSA) is 148 Å². The highest BCUT2D eigenvalue weighted by molar-refractivity contribution is 5.98. The summed E-state index contributed by atoms with van der Waals surface area (Å²) in [4.78, 5) is 46.1. The van der Waals surface area contributed by atoms with Crippen molar-refractivity contribution in [3.8, 4) is 0 Å². The number of nitrogens with two attached hydrogens (primary N) is 1. The zero-order valence-electron chi connectivity index (χ0n) is 14.3. The number of primary amides is 1. The standard InChI is InChI=1S/C15H25N3O6/c1-5-6-9-15(12(21)22,17-11(20)8-7-10(16)19)18-13(23)24-14(2,3)4/h7-8H,5-6,9H2,1-4H3,(H2,16,19)(H,17,20)(H,18,23)(H,21,22)/b8-7+. The lowest BCUT2D eigenvalue weighted by atomic mass is 10.0. The van der Waals surface area contributed by atoms with E-state index in [2.05, 4.69) is 10.6 Å². The van der Waals surface area contributed by atoms with Crippen molar-refractivity contribution in [1.82, 2.24) is 10.6 Å². The van der Waals surface area contributed by atoms with Crippen LogP contribution in [0.5, 0.6) is 0 Å². The SMILES string of the molecule is CCCCC(NC(=O)/C=C/C(N)=O)(NC(=O)OC(C)(C)C)C(=O)O. The maximum atomic E-state index is 11.9. The monoisotopic (exact) mass is 343 g/mol. The zero-order chi connectivity index (χ0) is 19.0. The fourth-order valence-corrected chi connectivity index (χ4v) is 1.70. The number of alkyl carbamates (subject to hydrolysis) is 1. The molecule has 0 fully saturated rings. The van der Waals surface area contributed by atoms with Gasteiger partial charge in [0.2, 0.25) is 17.5 Å². The van der Waals surface area contributed by atoms with Gasteiger partial charge in [0.05, 0.1) is 0 Å². The van der Waals surface area contributed by atoms with Gasteiger partial charge in [0.25, 0.3) is 0 Å². The molecule has 0 rings (SSSR count). The highest BCUT2D eigenvalue weighted by Crippen LogP contribution is 2.15. The molecule has 0 radical (unpaired) electrons. The van der Waals surface area contributed by atoms with Crippen LogP contribution in [-0.4, -0.2) is 40.2 Å². The molecular weight excluding hydrogens is 318 g/mol. The lowest BCUT2D eigenvalue weighted by Gasteiger charge is -2.32. The summed E-state index contributed by atoms with van der Waals surface area (Å²) < 4.78 is 5.05. The first-order chi connectivity index (χ1) is 10.9. The predicted molar refractivity (Wildman–Crippen MR) is 85.7 cm³/mol. The highest BCUT2D eigenvalue weighted by atomic mass is 16.6. The molecular formula is C15H25N3O6. The van der Waals surface area contributed by atoms with Crippen molar-refractivity contribution in [2.45, 2.75) is 58.2 Å². The second kappa shape index (κ2) is 8.90. The number of amides is 3. The van der Waals surface area contributed by atoms with E-state index in [-0.39, 0.29) is 6.42 Å². The maximum absolute atomic E-state index is 11.9. The van der Waals surface area contributed by atoms with Gasteiger partial charge < -0.3 is 20.9 Å². The van der Waals surface area contributed by atoms with Gasteiger partial charge in [0, 0.05) is 18.6 Å². The van der Waals surface area contributed by atoms with Gasteiger partial charge >= 0.3 is 12.1 Å². The number of unbranched alkanes of at least 4 members (excludes halogenated alkanes) is 1. The number of nitrogens with one attached hydrogen (secondary N) is 2. The van der Waals surface area contributed by atoms with Gasteiger partial charge in [0.1, 0.15) is 5.60 Å². The van der Waals surface area contributed by atoms with Gasteiger partial charge in [-0.15, -0.1) is 0 Å². The van der Waals surface area contributed by atoms with Crippen molar-refractivity contribution in [2.24, 2.45) is 5.73 Å². The minimum absolute atomic E-state index is 0.0613. The molecule has 5 N–H and O–H groups in total. The molecule has 0 heterocycles. The Morgan fingerprint density at radius 3 is 2.12 bits per heavy atom. The molecule has 9 nitrogen and oxygen atoms in total. The van der Waals surface area contributed by atoms with E-state index < -0.39 is 35.1 Å². The molecule has 0 spiro atoms. The molecule has 24 heavy (non-hydrogen) atoms. The number of hydrogen-bond acceptors (Lipinski definition) is 5. The van der Waals surface area contributed by atoms with Crippen molar-refractivity contribution in [2.75, 3.05) is 0 Å². The smallest absolute Gasteiger partial charge is 0.409 e. The summed E-state index contributed by atoms with van der Waals surface area (Å²) in [6.45, 7) is 6.69. The Morgan fingerprint density at radius 1 is 1.12 bits per heavy atom. The molecule has 0 aromatic carbocycles. The Hall–Kier alpha value is -2.58. The second-order valence-electron chi connectivity index (χ2n) is 6.17. The number of ether oxygens (including phenoxy) is 1. The number of aliphatic carboxylic acids is 1. The van der Waals surface area contributed by atoms with E-state index in [4.69, 9.17) is 10.5 Å². The van der Waals surface area contributed by atoms with Crippen LogP contribution in [-0.2, 0) is 19.1 Å². The first kappa shape index (κ1) is 21.4. The summed E-state index contributed by atoms with van der Waals surface area (Å²) in [5, 5.41) is 13.9. The van der Waals surface area contributed by atoms with Crippen LogP contribution in [0, 0.1) is 0 Å². The highest BCUT2D eigenvalue weighted by Gasteiger charge is 2.42. The Kier molecular flexibility index (Phi) is 7.94. The summed E-state index contributed by atoms with van der Waals surface area (Å²) in [5.74, 6) is -3.20. The minimum atomic E-state index is -2.06. The van der Waals surface area contributed by atoms with E-state index in [0.29, 0.717) is 12.8 Å². The summed E-state index contributed by atoms with van der Waals surface area (Å²) in [5.41, 5.74) is 1.99. The van der Waals surface area contributed by atoms with E-state index in [1.807, 2.05) is 6.92 Å². The third-order valence-corrected chi connectivity index (χ3v) is 2.72. The third kappa shape index (κ3) is 8.16. The van der Waals surface area contributed by atoms with E-state index in [9.17, 15) is 24.3 Å². The van der Waals surface area contributed by atoms with Gasteiger partial charge in [-0.25, -0.2) is 9.59 Å². The minimum Gasteiger partial charge on any atom is -0.478 e. The van der Waals surface area contributed by atoms with Crippen LogP contribution >= 0.6 is 0 Å². The van der Waals surface area contributed by atoms with Gasteiger partial charge in [0.15, 0.2) is 0 Å². The molecule has 3 amide bonds. The van der Waals surface area contributed by atoms with E-state index in [1.165, 1.54) is 0 Å². The summed E-state index contributed by atoms with van der Waals surface area (Å²) >= 11 is 0. The molecule has 1 unspecified atom stereocenters. The lowest BCUT2D eigenvalue weighted by Crippen LogP contribution is -2.65. The molecule has 0 saturated heterocycles. The predicted octanol–water partition coefficient (Wildman–Crippen LogP) is 0.640. The first-order valence-electron chi connectivity index (χ1n) is 7.46. The molecule has 136 valence electrons.